The van der Waals surface area contributed by atoms with Gasteiger partial charge in [-0.2, -0.15) is 0 Å². The summed E-state index contributed by atoms with van der Waals surface area (Å²) in [6.45, 7) is 4.61. The average Bonchev–Trinajstić information content (AvgIpc) is 2.78. The Morgan fingerprint density at radius 1 is 1.06 bits per heavy atom. The Bertz CT molecular complexity index is 1160. The number of hydrogen-bond donors (Lipinski definition) is 1. The summed E-state index contributed by atoms with van der Waals surface area (Å²) in [7, 11) is 0. The highest BCUT2D eigenvalue weighted by Crippen LogP contribution is 2.33. The number of benzene rings is 2. The fourth-order valence-corrected chi connectivity index (χ4v) is 3.68. The molecule has 176 valence electrons. The lowest BCUT2D eigenvalue weighted by Crippen LogP contribution is -2.30. The number of ether oxygens (including phenoxy) is 1. The Balaban J connectivity index is 1.88. The van der Waals surface area contributed by atoms with E-state index in [0.717, 1.165) is 44.9 Å². The van der Waals surface area contributed by atoms with Crippen LogP contribution in [0.15, 0.2) is 33.5 Å². The largest absolute Gasteiger partial charge is 0.452 e. The van der Waals surface area contributed by atoms with Crippen LogP contribution in [0.1, 0.15) is 75.6 Å². The van der Waals surface area contributed by atoms with Crippen LogP contribution in [0.2, 0.25) is 5.02 Å². The van der Waals surface area contributed by atoms with Crippen molar-refractivity contribution in [3.8, 4) is 17.2 Å². The van der Waals surface area contributed by atoms with Crippen molar-refractivity contribution in [3.63, 3.8) is 0 Å². The van der Waals surface area contributed by atoms with E-state index in [0.29, 0.717) is 24.2 Å². The van der Waals surface area contributed by atoms with Gasteiger partial charge in [0.15, 0.2) is 22.5 Å². The molecule has 8 heteroatoms. The third-order valence-corrected chi connectivity index (χ3v) is 5.61. The fraction of sp³-hybridized carbons (Fsp3) is 0.440. The van der Waals surface area contributed by atoms with Crippen LogP contribution >= 0.6 is 11.6 Å². The smallest absolute Gasteiger partial charge is 0.311 e. The van der Waals surface area contributed by atoms with Crippen molar-refractivity contribution in [1.82, 2.24) is 10.3 Å². The van der Waals surface area contributed by atoms with Gasteiger partial charge in [0.1, 0.15) is 16.8 Å². The Morgan fingerprint density at radius 2 is 1.82 bits per heavy atom. The number of rotatable bonds is 11. The third-order valence-electron chi connectivity index (χ3n) is 5.32. The monoisotopic (exact) mass is 472 g/mol. The fourth-order valence-electron chi connectivity index (χ4n) is 3.48. The first-order valence-corrected chi connectivity index (χ1v) is 11.9. The van der Waals surface area contributed by atoms with Crippen molar-refractivity contribution in [2.45, 2.75) is 65.2 Å². The van der Waals surface area contributed by atoms with Crippen LogP contribution < -0.4 is 15.5 Å². The van der Waals surface area contributed by atoms with E-state index in [2.05, 4.69) is 17.2 Å². The molecule has 0 unspecified atom stereocenters. The van der Waals surface area contributed by atoms with Gasteiger partial charge in [0.2, 0.25) is 0 Å². The first-order chi connectivity index (χ1) is 15.9. The molecule has 33 heavy (non-hydrogen) atoms. The summed E-state index contributed by atoms with van der Waals surface area (Å²) < 4.78 is 11.4. The van der Waals surface area contributed by atoms with Gasteiger partial charge in [-0.1, -0.05) is 57.6 Å². The lowest BCUT2D eigenvalue weighted by Gasteiger charge is -2.12. The number of nitrogens with zero attached hydrogens (tertiary/aromatic N) is 1. The number of aromatic nitrogens is 1. The Hall–Kier alpha value is -2.93. The molecule has 2 aliphatic rings. The summed E-state index contributed by atoms with van der Waals surface area (Å²) in [5, 5.41) is 2.97. The van der Waals surface area contributed by atoms with Gasteiger partial charge in [-0.3, -0.25) is 14.4 Å². The first kappa shape index (κ1) is 24.7. The van der Waals surface area contributed by atoms with E-state index in [4.69, 9.17) is 20.8 Å². The molecule has 1 aliphatic heterocycles. The lowest BCUT2D eigenvalue weighted by molar-refractivity contribution is -0.134. The van der Waals surface area contributed by atoms with Crippen molar-refractivity contribution in [1.29, 1.82) is 0 Å². The number of fused-ring (bicyclic) bond motifs is 2. The maximum atomic E-state index is 12.6. The molecule has 1 aromatic carbocycles. The molecule has 0 radical (unpaired) electrons. The number of esters is 1. The highest BCUT2D eigenvalue weighted by atomic mass is 35.5. The molecule has 0 spiro atoms. The van der Waals surface area contributed by atoms with E-state index >= 15 is 0 Å². The minimum absolute atomic E-state index is 0.0829. The van der Waals surface area contributed by atoms with Crippen molar-refractivity contribution < 1.29 is 18.7 Å². The van der Waals surface area contributed by atoms with E-state index in [1.54, 1.807) is 0 Å². The average molecular weight is 473 g/mol. The van der Waals surface area contributed by atoms with Gasteiger partial charge >= 0.3 is 5.97 Å². The molecular formula is C25H29ClN2O5. The quantitative estimate of drug-likeness (QED) is 0.165. The van der Waals surface area contributed by atoms with Crippen LogP contribution in [0, 0.1) is 0 Å². The molecule has 0 fully saturated rings. The molecule has 0 atom stereocenters. The maximum Gasteiger partial charge on any atom is 0.311 e. The van der Waals surface area contributed by atoms with Gasteiger partial charge in [0, 0.05) is 19.0 Å². The lowest BCUT2D eigenvalue weighted by atomic mass is 10.1. The Labute approximate surface area is 197 Å². The number of nitrogens with one attached hydrogen (secondary N) is 1. The molecule has 3 rings (SSSR count). The summed E-state index contributed by atoms with van der Waals surface area (Å²) in [4.78, 5) is 41.8. The normalized spacial score (nSPS) is 11.1. The first-order valence-electron chi connectivity index (χ1n) is 11.5. The van der Waals surface area contributed by atoms with Crippen molar-refractivity contribution in [2.24, 2.45) is 0 Å². The molecule has 1 aromatic rings. The standard InChI is InChI=1S/C25H29ClN2O5/c1-3-5-7-8-9-10-22(30)32-20-15-21-18(14-16(20)26)28-17-11-12-19(29)23(24(17)33-21)25(31)27-13-6-4-2/h11-12,14-15H,3-10,13H2,1-2H3,(H,27,31). The summed E-state index contributed by atoms with van der Waals surface area (Å²) in [6, 6.07) is 5.80. The number of hydrogen-bond acceptors (Lipinski definition) is 6. The minimum Gasteiger partial charge on any atom is -0.452 e. The molecule has 0 aromatic heterocycles. The second-order valence-corrected chi connectivity index (χ2v) is 8.41. The number of carbonyl (C=O) groups is 2. The summed E-state index contributed by atoms with van der Waals surface area (Å²) in [5.41, 5.74) is 0.480. The van der Waals surface area contributed by atoms with E-state index < -0.39 is 11.3 Å². The third kappa shape index (κ3) is 6.32. The second-order valence-electron chi connectivity index (χ2n) is 8.00. The summed E-state index contributed by atoms with van der Waals surface area (Å²) in [5.74, 6) is -0.647. The van der Waals surface area contributed by atoms with Crippen LogP contribution in [0.25, 0.3) is 22.6 Å². The van der Waals surface area contributed by atoms with Crippen LogP contribution in [0.5, 0.6) is 5.75 Å². The minimum atomic E-state index is -0.507. The summed E-state index contributed by atoms with van der Waals surface area (Å²) in [6.07, 6.45) is 7.12. The van der Waals surface area contributed by atoms with Crippen LogP contribution in [-0.2, 0) is 4.79 Å². The topological polar surface area (TPSA) is 98.5 Å². The van der Waals surface area contributed by atoms with Gasteiger partial charge in [-0.25, -0.2) is 4.98 Å². The number of halogens is 1. The zero-order chi connectivity index (χ0) is 23.8. The molecule has 7 nitrogen and oxygen atoms in total. The molecule has 0 bridgehead atoms. The van der Waals surface area contributed by atoms with E-state index in [-0.39, 0.29) is 33.6 Å². The SMILES string of the molecule is CCCCCCCC(=O)Oc1cc2oc3c(C(=O)NCCCC)c(=O)ccc-3nc2cc1Cl. The number of carbonyl (C=O) groups excluding carboxylic acids is 2. The number of amides is 1. The molecule has 1 amide bonds. The maximum absolute atomic E-state index is 12.6. The molecule has 1 heterocycles. The molecule has 0 saturated carbocycles. The van der Waals surface area contributed by atoms with Crippen LogP contribution in [0.3, 0.4) is 0 Å². The van der Waals surface area contributed by atoms with Crippen LogP contribution in [0.4, 0.5) is 0 Å². The van der Waals surface area contributed by atoms with Crippen molar-refractivity contribution >= 4 is 34.6 Å². The second kappa shape index (κ2) is 11.8. The van der Waals surface area contributed by atoms with Gasteiger partial charge < -0.3 is 14.5 Å². The van der Waals surface area contributed by atoms with Gasteiger partial charge in [0.25, 0.3) is 5.91 Å². The van der Waals surface area contributed by atoms with Gasteiger partial charge in [-0.15, -0.1) is 0 Å². The van der Waals surface area contributed by atoms with Gasteiger partial charge in [0.05, 0.1) is 5.02 Å². The number of unbranched alkanes of at least 4 members (excludes halogenated alkanes) is 5. The van der Waals surface area contributed by atoms with Gasteiger partial charge in [-0.05, 0) is 31.0 Å². The van der Waals surface area contributed by atoms with E-state index in [1.165, 1.54) is 24.3 Å². The highest BCUT2D eigenvalue weighted by Gasteiger charge is 2.23. The van der Waals surface area contributed by atoms with Crippen LogP contribution in [-0.4, -0.2) is 23.4 Å². The molecule has 1 aliphatic carbocycles. The van der Waals surface area contributed by atoms with Crippen molar-refractivity contribution in [2.75, 3.05) is 6.54 Å². The summed E-state index contributed by atoms with van der Waals surface area (Å²) >= 11 is 6.31. The predicted octanol–water partition coefficient (Wildman–Crippen LogP) is 5.74. The van der Waals surface area contributed by atoms with E-state index in [1.807, 2.05) is 6.92 Å². The van der Waals surface area contributed by atoms with E-state index in [9.17, 15) is 14.4 Å². The molecule has 1 N–H and O–H groups in total. The molecule has 0 saturated heterocycles. The zero-order valence-corrected chi connectivity index (χ0v) is 19.8. The molecular weight excluding hydrogens is 444 g/mol. The van der Waals surface area contributed by atoms with Crippen molar-refractivity contribution in [3.05, 3.63) is 45.1 Å². The Kier molecular flexibility index (Phi) is 8.83. The highest BCUT2D eigenvalue weighted by molar-refractivity contribution is 6.32. The predicted molar refractivity (Wildman–Crippen MR) is 128 cm³/mol. The zero-order valence-electron chi connectivity index (χ0n) is 19.0. The Morgan fingerprint density at radius 3 is 2.58 bits per heavy atom.